The maximum Gasteiger partial charge on any atom is 0.0505 e. The molecule has 1 nitrogen and oxygen atoms in total. The van der Waals surface area contributed by atoms with Crippen molar-refractivity contribution in [2.75, 3.05) is 0 Å². The van der Waals surface area contributed by atoms with Crippen LogP contribution in [0.4, 0.5) is 0 Å². The van der Waals surface area contributed by atoms with E-state index in [0.717, 1.165) is 16.2 Å². The molecule has 0 radical (unpaired) electrons. The molecule has 1 rings (SSSR count). The molecule has 0 aliphatic rings. The Morgan fingerprint density at radius 2 is 1.92 bits per heavy atom. The summed E-state index contributed by atoms with van der Waals surface area (Å²) in [6.07, 6.45) is 0. The normalized spacial score (nSPS) is 12.6. The van der Waals surface area contributed by atoms with Crippen LogP contribution in [0.3, 0.4) is 0 Å². The lowest BCUT2D eigenvalue weighted by molar-refractivity contribution is 0.851. The first-order valence-corrected chi connectivity index (χ1v) is 4.15. The van der Waals surface area contributed by atoms with Gasteiger partial charge < -0.3 is 5.73 Å². The maximum absolute atomic E-state index is 5.85. The largest absolute Gasteiger partial charge is 0.321 e. The zero-order valence-corrected chi connectivity index (χ0v) is 7.81. The molecule has 1 unspecified atom stereocenters. The lowest BCUT2D eigenvalue weighted by atomic mass is 10.0. The maximum atomic E-state index is 5.85. The summed E-state index contributed by atoms with van der Waals surface area (Å²) in [7, 11) is 0. The summed E-state index contributed by atoms with van der Waals surface area (Å²) in [6.45, 7) is 5.71. The van der Waals surface area contributed by atoms with Crippen molar-refractivity contribution in [1.29, 1.82) is 0 Å². The fourth-order valence-corrected chi connectivity index (χ4v) is 1.08. The van der Waals surface area contributed by atoms with E-state index in [9.17, 15) is 0 Å². The van der Waals surface area contributed by atoms with E-state index in [1.807, 2.05) is 31.2 Å². The highest BCUT2D eigenvalue weighted by Gasteiger charge is 2.04. The van der Waals surface area contributed by atoms with E-state index in [1.165, 1.54) is 0 Å². The second-order valence-corrected chi connectivity index (χ2v) is 3.31. The second-order valence-electron chi connectivity index (χ2n) is 2.88. The molecule has 0 spiro atoms. The van der Waals surface area contributed by atoms with Crippen molar-refractivity contribution in [2.45, 2.75) is 13.0 Å². The van der Waals surface area contributed by atoms with Crippen molar-refractivity contribution in [3.63, 3.8) is 0 Å². The minimum Gasteiger partial charge on any atom is -0.321 e. The molecule has 64 valence electrons. The van der Waals surface area contributed by atoms with E-state index in [2.05, 4.69) is 6.58 Å². The molecule has 2 N–H and O–H groups in total. The van der Waals surface area contributed by atoms with Gasteiger partial charge in [-0.1, -0.05) is 35.9 Å². The third kappa shape index (κ3) is 2.10. The number of nitrogens with two attached hydrogens (primary N) is 1. The number of rotatable bonds is 2. The fraction of sp³-hybridized carbons (Fsp3) is 0.200. The van der Waals surface area contributed by atoms with E-state index >= 15 is 0 Å². The van der Waals surface area contributed by atoms with E-state index in [-0.39, 0.29) is 6.04 Å². The van der Waals surface area contributed by atoms with Gasteiger partial charge in [-0.2, -0.15) is 0 Å². The van der Waals surface area contributed by atoms with Gasteiger partial charge in [0.05, 0.1) is 6.04 Å². The Labute approximate surface area is 77.8 Å². The summed E-state index contributed by atoms with van der Waals surface area (Å²) in [6, 6.07) is 7.42. The predicted octanol–water partition coefficient (Wildman–Crippen LogP) is 2.92. The molecule has 0 aliphatic heterocycles. The van der Waals surface area contributed by atoms with Crippen LogP contribution in [0.5, 0.6) is 0 Å². The SMILES string of the molecule is C=C(C)C(N)c1ccc(Cl)cc1. The van der Waals surface area contributed by atoms with Crippen LogP contribution >= 0.6 is 11.6 Å². The minimum absolute atomic E-state index is 0.0812. The van der Waals surface area contributed by atoms with Crippen LogP contribution in [0.2, 0.25) is 5.02 Å². The summed E-state index contributed by atoms with van der Waals surface area (Å²) in [5.74, 6) is 0. The van der Waals surface area contributed by atoms with Crippen LogP contribution in [0, 0.1) is 0 Å². The Morgan fingerprint density at radius 3 is 2.33 bits per heavy atom. The van der Waals surface area contributed by atoms with Crippen molar-refractivity contribution < 1.29 is 0 Å². The van der Waals surface area contributed by atoms with Gasteiger partial charge in [0, 0.05) is 5.02 Å². The highest BCUT2D eigenvalue weighted by atomic mass is 35.5. The topological polar surface area (TPSA) is 26.0 Å². The van der Waals surface area contributed by atoms with Gasteiger partial charge in [-0.25, -0.2) is 0 Å². The summed E-state index contributed by atoms with van der Waals surface area (Å²) in [5.41, 5.74) is 7.85. The molecular weight excluding hydrogens is 170 g/mol. The van der Waals surface area contributed by atoms with Crippen molar-refractivity contribution in [1.82, 2.24) is 0 Å². The van der Waals surface area contributed by atoms with Gasteiger partial charge in [-0.15, -0.1) is 0 Å². The van der Waals surface area contributed by atoms with Crippen molar-refractivity contribution in [2.24, 2.45) is 5.73 Å². The Bertz CT molecular complexity index is 276. The first kappa shape index (κ1) is 9.30. The average molecular weight is 182 g/mol. The Kier molecular flexibility index (Phi) is 2.90. The quantitative estimate of drug-likeness (QED) is 0.698. The number of benzene rings is 1. The minimum atomic E-state index is -0.0812. The van der Waals surface area contributed by atoms with Crippen molar-refractivity contribution >= 4 is 11.6 Å². The molecule has 2 heteroatoms. The Morgan fingerprint density at radius 1 is 1.42 bits per heavy atom. The standard InChI is InChI=1S/C10H12ClN/c1-7(2)10(12)8-3-5-9(11)6-4-8/h3-6,10H,1,12H2,2H3. The molecule has 0 fully saturated rings. The summed E-state index contributed by atoms with van der Waals surface area (Å²) in [5, 5.41) is 0.729. The van der Waals surface area contributed by atoms with Crippen LogP contribution in [-0.4, -0.2) is 0 Å². The highest BCUT2D eigenvalue weighted by molar-refractivity contribution is 6.30. The van der Waals surface area contributed by atoms with Crippen LogP contribution in [0.1, 0.15) is 18.5 Å². The zero-order valence-electron chi connectivity index (χ0n) is 7.05. The van der Waals surface area contributed by atoms with Gasteiger partial charge in [0.2, 0.25) is 0 Å². The highest BCUT2D eigenvalue weighted by Crippen LogP contribution is 2.18. The molecule has 12 heavy (non-hydrogen) atoms. The van der Waals surface area contributed by atoms with E-state index < -0.39 is 0 Å². The van der Waals surface area contributed by atoms with E-state index in [1.54, 1.807) is 0 Å². The molecule has 0 aromatic heterocycles. The first-order valence-electron chi connectivity index (χ1n) is 3.77. The van der Waals surface area contributed by atoms with E-state index in [4.69, 9.17) is 17.3 Å². The van der Waals surface area contributed by atoms with Crippen molar-refractivity contribution in [3.8, 4) is 0 Å². The molecule has 1 atom stereocenters. The van der Waals surface area contributed by atoms with Crippen LogP contribution in [0.15, 0.2) is 36.4 Å². The molecule has 1 aromatic rings. The van der Waals surface area contributed by atoms with Gasteiger partial charge in [-0.05, 0) is 24.6 Å². The van der Waals surface area contributed by atoms with Gasteiger partial charge in [-0.3, -0.25) is 0 Å². The van der Waals surface area contributed by atoms with Crippen LogP contribution < -0.4 is 5.73 Å². The predicted molar refractivity (Wildman–Crippen MR) is 53.2 cm³/mol. The van der Waals surface area contributed by atoms with Crippen molar-refractivity contribution in [3.05, 3.63) is 47.0 Å². The third-order valence-electron chi connectivity index (χ3n) is 1.76. The van der Waals surface area contributed by atoms with E-state index in [0.29, 0.717) is 0 Å². The summed E-state index contributed by atoms with van der Waals surface area (Å²) < 4.78 is 0. The average Bonchev–Trinajstić information content (AvgIpc) is 2.04. The molecule has 0 heterocycles. The monoisotopic (exact) mass is 181 g/mol. The molecule has 1 aromatic carbocycles. The van der Waals surface area contributed by atoms with Crippen LogP contribution in [0.25, 0.3) is 0 Å². The number of hydrogen-bond donors (Lipinski definition) is 1. The zero-order chi connectivity index (χ0) is 9.14. The summed E-state index contributed by atoms with van der Waals surface area (Å²) in [4.78, 5) is 0. The number of hydrogen-bond acceptors (Lipinski definition) is 1. The molecule has 0 amide bonds. The Hall–Kier alpha value is -0.790. The first-order chi connectivity index (χ1) is 5.61. The molecule has 0 bridgehead atoms. The third-order valence-corrected chi connectivity index (χ3v) is 2.01. The lowest BCUT2D eigenvalue weighted by Gasteiger charge is -2.10. The van der Waals surface area contributed by atoms with Crippen LogP contribution in [-0.2, 0) is 0 Å². The second kappa shape index (κ2) is 3.74. The lowest BCUT2D eigenvalue weighted by Crippen LogP contribution is -2.10. The molecular formula is C10H12ClN. The van der Waals surface area contributed by atoms with Gasteiger partial charge >= 0.3 is 0 Å². The van der Waals surface area contributed by atoms with Gasteiger partial charge in [0.15, 0.2) is 0 Å². The Balaban J connectivity index is 2.89. The van der Waals surface area contributed by atoms with Gasteiger partial charge in [0.1, 0.15) is 0 Å². The summed E-state index contributed by atoms with van der Waals surface area (Å²) >= 11 is 5.73. The molecule has 0 aliphatic carbocycles. The number of halogens is 1. The fourth-order valence-electron chi connectivity index (χ4n) is 0.955. The smallest absolute Gasteiger partial charge is 0.0505 e. The molecule has 0 saturated heterocycles. The molecule has 0 saturated carbocycles. The van der Waals surface area contributed by atoms with Gasteiger partial charge in [0.25, 0.3) is 0 Å².